The smallest absolute Gasteiger partial charge is 0.0180 e. The lowest BCUT2D eigenvalue weighted by molar-refractivity contribution is 0.381. The first kappa shape index (κ1) is 11.9. The summed E-state index contributed by atoms with van der Waals surface area (Å²) >= 11 is 0. The highest BCUT2D eigenvalue weighted by atomic mass is 14.6. The second-order valence-electron chi connectivity index (χ2n) is 7.64. The summed E-state index contributed by atoms with van der Waals surface area (Å²) in [5, 5.41) is 0. The fourth-order valence-corrected chi connectivity index (χ4v) is 6.07. The largest absolute Gasteiger partial charge is 0.0620 e. The molecule has 0 fully saturated rings. The van der Waals surface area contributed by atoms with Gasteiger partial charge in [0.15, 0.2) is 0 Å². The van der Waals surface area contributed by atoms with Gasteiger partial charge in [0.05, 0.1) is 0 Å². The van der Waals surface area contributed by atoms with Gasteiger partial charge in [-0.25, -0.2) is 0 Å². The molecule has 0 spiro atoms. The summed E-state index contributed by atoms with van der Waals surface area (Å²) in [7, 11) is 0. The van der Waals surface area contributed by atoms with Gasteiger partial charge in [-0.2, -0.15) is 0 Å². The average molecular weight is 304 g/mol. The first-order valence-corrected chi connectivity index (χ1v) is 8.96. The summed E-state index contributed by atoms with van der Waals surface area (Å²) in [6, 6.07) is 27.3. The SMILES string of the molecule is c1ccc2c(c1)C1=C3c4ccccc4C3C3c4ccccc4C3C12. The summed E-state index contributed by atoms with van der Waals surface area (Å²) in [5.74, 6) is 2.63. The van der Waals surface area contributed by atoms with E-state index in [0.29, 0.717) is 23.7 Å². The van der Waals surface area contributed by atoms with Crippen LogP contribution in [0.4, 0.5) is 0 Å². The molecule has 7 rings (SSSR count). The molecular formula is C24H16. The first-order valence-electron chi connectivity index (χ1n) is 8.96. The summed E-state index contributed by atoms with van der Waals surface area (Å²) in [4.78, 5) is 0. The van der Waals surface area contributed by atoms with Crippen LogP contribution in [0.2, 0.25) is 0 Å². The zero-order valence-electron chi connectivity index (χ0n) is 13.2. The third kappa shape index (κ3) is 1.07. The van der Waals surface area contributed by atoms with Crippen LogP contribution in [-0.4, -0.2) is 0 Å². The minimum Gasteiger partial charge on any atom is -0.0620 e. The molecule has 4 aliphatic rings. The van der Waals surface area contributed by atoms with E-state index in [1.165, 1.54) is 11.1 Å². The van der Waals surface area contributed by atoms with Crippen molar-refractivity contribution < 1.29 is 0 Å². The van der Waals surface area contributed by atoms with Crippen molar-refractivity contribution in [2.45, 2.75) is 23.7 Å². The lowest BCUT2D eigenvalue weighted by Gasteiger charge is -2.60. The molecule has 3 aromatic rings. The Morgan fingerprint density at radius 1 is 0.417 bits per heavy atom. The fraction of sp³-hybridized carbons (Fsp3) is 0.167. The van der Waals surface area contributed by atoms with Crippen molar-refractivity contribution in [1.29, 1.82) is 0 Å². The summed E-state index contributed by atoms with van der Waals surface area (Å²) in [6.45, 7) is 0. The lowest BCUT2D eigenvalue weighted by Crippen LogP contribution is -2.44. The van der Waals surface area contributed by atoms with E-state index in [4.69, 9.17) is 0 Å². The van der Waals surface area contributed by atoms with Crippen LogP contribution >= 0.6 is 0 Å². The van der Waals surface area contributed by atoms with Crippen LogP contribution in [0.15, 0.2) is 72.8 Å². The Morgan fingerprint density at radius 2 is 0.792 bits per heavy atom. The van der Waals surface area contributed by atoms with Gasteiger partial charge in [0.25, 0.3) is 0 Å². The Hall–Kier alpha value is -2.60. The molecule has 0 amide bonds. The molecule has 0 saturated heterocycles. The summed E-state index contributed by atoms with van der Waals surface area (Å²) in [5.41, 5.74) is 12.7. The Balaban J connectivity index is 1.57. The van der Waals surface area contributed by atoms with Gasteiger partial charge < -0.3 is 0 Å². The quantitative estimate of drug-likeness (QED) is 0.501. The van der Waals surface area contributed by atoms with Crippen molar-refractivity contribution in [3.8, 4) is 0 Å². The standard InChI is InChI=1S/C24H16/c1-2-8-14-13(7-1)19-20(14)22-17-11-5-6-12-18(17)24(22)23-16-10-4-3-9-15(16)21(19)23/h1-12,19-22H. The highest BCUT2D eigenvalue weighted by Gasteiger charge is 2.59. The van der Waals surface area contributed by atoms with Crippen molar-refractivity contribution >= 4 is 11.1 Å². The van der Waals surface area contributed by atoms with Gasteiger partial charge in [0.2, 0.25) is 0 Å². The van der Waals surface area contributed by atoms with Crippen molar-refractivity contribution in [2.75, 3.05) is 0 Å². The van der Waals surface area contributed by atoms with E-state index in [1.807, 2.05) is 0 Å². The molecule has 0 N–H and O–H groups in total. The normalized spacial score (nSPS) is 29.5. The van der Waals surface area contributed by atoms with Gasteiger partial charge >= 0.3 is 0 Å². The molecule has 3 aromatic carbocycles. The second kappa shape index (κ2) is 3.72. The van der Waals surface area contributed by atoms with Crippen LogP contribution in [0.5, 0.6) is 0 Å². The molecule has 4 aliphatic carbocycles. The molecule has 4 unspecified atom stereocenters. The molecular weight excluding hydrogens is 288 g/mol. The highest BCUT2D eigenvalue weighted by molar-refractivity contribution is 6.09. The van der Waals surface area contributed by atoms with Crippen LogP contribution in [0, 0.1) is 0 Å². The van der Waals surface area contributed by atoms with E-state index in [1.54, 1.807) is 33.4 Å². The maximum Gasteiger partial charge on any atom is 0.0180 e. The number of hydrogen-bond acceptors (Lipinski definition) is 0. The van der Waals surface area contributed by atoms with E-state index >= 15 is 0 Å². The maximum atomic E-state index is 2.37. The van der Waals surface area contributed by atoms with Crippen molar-refractivity contribution in [3.63, 3.8) is 0 Å². The van der Waals surface area contributed by atoms with Crippen LogP contribution in [0.25, 0.3) is 11.1 Å². The molecule has 24 heavy (non-hydrogen) atoms. The number of benzene rings is 3. The predicted octanol–water partition coefficient (Wildman–Crippen LogP) is 5.69. The number of hydrogen-bond donors (Lipinski definition) is 0. The monoisotopic (exact) mass is 304 g/mol. The molecule has 0 heteroatoms. The van der Waals surface area contributed by atoms with Crippen LogP contribution in [0.3, 0.4) is 0 Å². The Bertz CT molecular complexity index is 998. The topological polar surface area (TPSA) is 0 Å². The van der Waals surface area contributed by atoms with Gasteiger partial charge in [0.1, 0.15) is 0 Å². The lowest BCUT2D eigenvalue weighted by atomic mass is 9.42. The van der Waals surface area contributed by atoms with E-state index in [2.05, 4.69) is 72.8 Å². The van der Waals surface area contributed by atoms with Gasteiger partial charge in [-0.1, -0.05) is 72.8 Å². The third-order valence-electron chi connectivity index (χ3n) is 6.90. The highest BCUT2D eigenvalue weighted by Crippen LogP contribution is 2.76. The maximum absolute atomic E-state index is 2.37. The molecule has 0 bridgehead atoms. The molecule has 0 saturated carbocycles. The van der Waals surface area contributed by atoms with E-state index in [-0.39, 0.29) is 0 Å². The van der Waals surface area contributed by atoms with Crippen LogP contribution in [0.1, 0.15) is 57.1 Å². The average Bonchev–Trinajstić information content (AvgIpc) is 2.62. The van der Waals surface area contributed by atoms with E-state index in [9.17, 15) is 0 Å². The third-order valence-corrected chi connectivity index (χ3v) is 6.90. The Morgan fingerprint density at radius 3 is 1.25 bits per heavy atom. The summed E-state index contributed by atoms with van der Waals surface area (Å²) in [6.07, 6.45) is 0. The van der Waals surface area contributed by atoms with Crippen LogP contribution in [-0.2, 0) is 0 Å². The Labute approximate surface area is 141 Å². The molecule has 0 radical (unpaired) electrons. The Kier molecular flexibility index (Phi) is 1.84. The minimum atomic E-state index is 0.626. The van der Waals surface area contributed by atoms with Crippen LogP contribution < -0.4 is 0 Å². The number of fused-ring (bicyclic) bond motifs is 14. The molecule has 112 valence electrons. The zero-order chi connectivity index (χ0) is 15.4. The molecule has 0 heterocycles. The minimum absolute atomic E-state index is 0.626. The van der Waals surface area contributed by atoms with Gasteiger partial charge in [-0.05, 0) is 44.5 Å². The molecule has 0 nitrogen and oxygen atoms in total. The van der Waals surface area contributed by atoms with E-state index < -0.39 is 0 Å². The second-order valence-corrected chi connectivity index (χ2v) is 7.64. The summed E-state index contributed by atoms with van der Waals surface area (Å²) < 4.78 is 0. The van der Waals surface area contributed by atoms with E-state index in [0.717, 1.165) is 0 Å². The molecule has 0 aliphatic heterocycles. The van der Waals surface area contributed by atoms with Crippen molar-refractivity contribution in [3.05, 3.63) is 106 Å². The first-order chi connectivity index (χ1) is 11.9. The van der Waals surface area contributed by atoms with Gasteiger partial charge in [-0.15, -0.1) is 0 Å². The van der Waals surface area contributed by atoms with Gasteiger partial charge in [-0.3, -0.25) is 0 Å². The van der Waals surface area contributed by atoms with Gasteiger partial charge in [0, 0.05) is 23.7 Å². The predicted molar refractivity (Wildman–Crippen MR) is 97.1 cm³/mol. The zero-order valence-corrected chi connectivity index (χ0v) is 13.2. The molecule has 4 atom stereocenters. The number of rotatable bonds is 0. The van der Waals surface area contributed by atoms with Crippen molar-refractivity contribution in [1.82, 2.24) is 0 Å². The number of allylic oxidation sites excluding steroid dienone is 2. The fourth-order valence-electron chi connectivity index (χ4n) is 6.07. The molecule has 0 aromatic heterocycles. The van der Waals surface area contributed by atoms with Crippen molar-refractivity contribution in [2.24, 2.45) is 0 Å².